The highest BCUT2D eigenvalue weighted by Gasteiger charge is 2.51. The topological polar surface area (TPSA) is 115 Å². The maximum atomic E-state index is 13.9. The van der Waals surface area contributed by atoms with Gasteiger partial charge in [0, 0.05) is 29.9 Å². The van der Waals surface area contributed by atoms with Gasteiger partial charge in [-0.2, -0.15) is 0 Å². The third-order valence-corrected chi connectivity index (χ3v) is 10.6. The van der Waals surface area contributed by atoms with Crippen molar-refractivity contribution in [3.63, 3.8) is 0 Å². The SMILES string of the molecule is CCOP(=O)(OCC)C(Cc1cc2cnccc2n1C(=O)OC(C)(C)C)P(=O)(OCC)OCC. The first-order chi connectivity index (χ1) is 15.9. The van der Waals surface area contributed by atoms with Crippen molar-refractivity contribution in [1.82, 2.24) is 9.55 Å². The number of ether oxygens (including phenoxy) is 1. The summed E-state index contributed by atoms with van der Waals surface area (Å²) in [4.78, 5) is 17.3. The van der Waals surface area contributed by atoms with E-state index in [0.717, 1.165) is 0 Å². The van der Waals surface area contributed by atoms with Crippen molar-refractivity contribution < 1.29 is 36.8 Å². The highest BCUT2D eigenvalue weighted by molar-refractivity contribution is 7.72. The van der Waals surface area contributed by atoms with Crippen LogP contribution in [0.4, 0.5) is 4.79 Å². The number of carbonyl (C=O) groups is 1. The quantitative estimate of drug-likeness (QED) is 0.302. The van der Waals surface area contributed by atoms with Crippen molar-refractivity contribution in [2.75, 3.05) is 26.4 Å². The number of nitrogens with zero attached hydrogens (tertiary/aromatic N) is 2. The molecule has 2 aromatic heterocycles. The number of rotatable bonds is 12. The second-order valence-corrected chi connectivity index (χ2v) is 13.2. The predicted molar refractivity (Wildman–Crippen MR) is 131 cm³/mol. The van der Waals surface area contributed by atoms with Gasteiger partial charge in [0.15, 0.2) is 5.40 Å². The van der Waals surface area contributed by atoms with E-state index >= 15 is 0 Å². The number of aromatic nitrogens is 2. The molecule has 192 valence electrons. The summed E-state index contributed by atoms with van der Waals surface area (Å²) < 4.78 is 57.1. The molecule has 0 aliphatic heterocycles. The van der Waals surface area contributed by atoms with E-state index in [4.69, 9.17) is 22.8 Å². The van der Waals surface area contributed by atoms with E-state index < -0.39 is 32.3 Å². The molecule has 0 aliphatic carbocycles. The molecule has 0 aromatic carbocycles. The first kappa shape index (κ1) is 28.7. The first-order valence-electron chi connectivity index (χ1n) is 11.4. The van der Waals surface area contributed by atoms with Crippen LogP contribution in [-0.4, -0.2) is 53.1 Å². The van der Waals surface area contributed by atoms with Crippen LogP contribution in [0.15, 0.2) is 24.5 Å². The normalized spacial score (nSPS) is 13.1. The zero-order chi connectivity index (χ0) is 25.6. The Morgan fingerprint density at radius 3 is 1.91 bits per heavy atom. The van der Waals surface area contributed by atoms with Gasteiger partial charge in [0.1, 0.15) is 5.60 Å². The molecule has 0 fully saturated rings. The van der Waals surface area contributed by atoms with E-state index in [1.165, 1.54) is 4.57 Å². The summed E-state index contributed by atoms with van der Waals surface area (Å²) in [7, 11) is -8.01. The Morgan fingerprint density at radius 1 is 0.971 bits per heavy atom. The molecule has 0 aliphatic rings. The molecule has 0 saturated carbocycles. The standard InChI is InChI=1S/C22H36N2O8P2/c1-8-28-33(26,29-9-2)20(34(27,30-10-3)31-11-4)15-18-14-17-16-23-13-12-19(17)24(18)21(25)32-22(5,6)7/h12-14,16,20H,8-11,15H2,1-7H3. The molecule has 10 nitrogen and oxygen atoms in total. The van der Waals surface area contributed by atoms with Gasteiger partial charge >= 0.3 is 21.3 Å². The smallest absolute Gasteiger partial charge is 0.419 e. The lowest BCUT2D eigenvalue weighted by Crippen LogP contribution is -2.29. The summed E-state index contributed by atoms with van der Waals surface area (Å²) in [6, 6.07) is 3.39. The average Bonchev–Trinajstić information content (AvgIpc) is 3.09. The summed E-state index contributed by atoms with van der Waals surface area (Å²) in [6.45, 7) is 12.2. The average molecular weight is 518 g/mol. The van der Waals surface area contributed by atoms with Crippen LogP contribution in [0.2, 0.25) is 0 Å². The summed E-state index contributed by atoms with van der Waals surface area (Å²) in [6.07, 6.45) is 2.38. The second kappa shape index (κ2) is 11.9. The number of hydrogen-bond donors (Lipinski definition) is 0. The summed E-state index contributed by atoms with van der Waals surface area (Å²) in [5, 5.41) is -0.648. The predicted octanol–water partition coefficient (Wildman–Crippen LogP) is 6.22. The minimum atomic E-state index is -4.00. The highest BCUT2D eigenvalue weighted by Crippen LogP contribution is 2.71. The Labute approximate surface area is 201 Å². The zero-order valence-corrected chi connectivity index (χ0v) is 22.8. The van der Waals surface area contributed by atoms with E-state index in [1.807, 2.05) is 0 Å². The zero-order valence-electron chi connectivity index (χ0n) is 21.0. The Bertz CT molecular complexity index is 1010. The van der Waals surface area contributed by atoms with Crippen molar-refractivity contribution in [2.45, 2.75) is 65.9 Å². The molecule has 0 amide bonds. The van der Waals surface area contributed by atoms with Crippen molar-refractivity contribution in [3.05, 3.63) is 30.2 Å². The van der Waals surface area contributed by atoms with Crippen LogP contribution in [0.3, 0.4) is 0 Å². The fourth-order valence-corrected chi connectivity index (χ4v) is 8.79. The lowest BCUT2D eigenvalue weighted by atomic mass is 10.2. The van der Waals surface area contributed by atoms with Crippen LogP contribution in [-0.2, 0) is 38.4 Å². The van der Waals surface area contributed by atoms with Crippen LogP contribution in [0.5, 0.6) is 0 Å². The van der Waals surface area contributed by atoms with Gasteiger partial charge in [0.05, 0.1) is 31.9 Å². The number of fused-ring (bicyclic) bond motifs is 1. The molecule has 2 aromatic rings. The third kappa shape index (κ3) is 6.78. The fourth-order valence-electron chi connectivity index (χ4n) is 3.51. The largest absolute Gasteiger partial charge is 0.443 e. The van der Waals surface area contributed by atoms with Gasteiger partial charge in [-0.25, -0.2) is 9.36 Å². The van der Waals surface area contributed by atoms with Crippen LogP contribution >= 0.6 is 15.2 Å². The maximum absolute atomic E-state index is 13.9. The van der Waals surface area contributed by atoms with Gasteiger partial charge in [-0.3, -0.25) is 14.1 Å². The van der Waals surface area contributed by atoms with Gasteiger partial charge in [0.25, 0.3) is 0 Å². The molecule has 0 saturated heterocycles. The molecule has 2 heterocycles. The van der Waals surface area contributed by atoms with Crippen molar-refractivity contribution >= 4 is 32.2 Å². The highest BCUT2D eigenvalue weighted by atomic mass is 31.2. The summed E-state index contributed by atoms with van der Waals surface area (Å²) in [5.41, 5.74) is 0.180. The van der Waals surface area contributed by atoms with Crippen LogP contribution in [0.1, 0.15) is 54.2 Å². The molecule has 0 atom stereocenters. The minimum Gasteiger partial charge on any atom is -0.443 e. The molecule has 0 bridgehead atoms. The van der Waals surface area contributed by atoms with Crippen molar-refractivity contribution in [3.8, 4) is 0 Å². The van der Waals surface area contributed by atoms with E-state index in [9.17, 15) is 13.9 Å². The van der Waals surface area contributed by atoms with Gasteiger partial charge in [0.2, 0.25) is 0 Å². The van der Waals surface area contributed by atoms with Gasteiger partial charge < -0.3 is 22.8 Å². The first-order valence-corrected chi connectivity index (χ1v) is 14.6. The molecule has 2 rings (SSSR count). The lowest BCUT2D eigenvalue weighted by molar-refractivity contribution is 0.0539. The fraction of sp³-hybridized carbons (Fsp3) is 0.636. The third-order valence-electron chi connectivity index (χ3n) is 4.61. The van der Waals surface area contributed by atoms with Gasteiger partial charge in [-0.05, 0) is 60.6 Å². The molecule has 0 N–H and O–H groups in total. The van der Waals surface area contributed by atoms with Gasteiger partial charge in [-0.15, -0.1) is 0 Å². The van der Waals surface area contributed by atoms with Crippen molar-refractivity contribution in [2.24, 2.45) is 0 Å². The van der Waals surface area contributed by atoms with E-state index in [2.05, 4.69) is 4.98 Å². The van der Waals surface area contributed by atoms with E-state index in [-0.39, 0.29) is 32.8 Å². The van der Waals surface area contributed by atoms with Crippen LogP contribution < -0.4 is 0 Å². The monoisotopic (exact) mass is 518 g/mol. The second-order valence-electron chi connectivity index (χ2n) is 8.32. The Morgan fingerprint density at radius 2 is 1.47 bits per heavy atom. The summed E-state index contributed by atoms with van der Waals surface area (Å²) >= 11 is 0. The number of hydrogen-bond acceptors (Lipinski definition) is 9. The van der Waals surface area contributed by atoms with Crippen LogP contribution in [0.25, 0.3) is 10.9 Å². The Hall–Kier alpha value is -1.54. The molecular formula is C22H36N2O8P2. The molecule has 0 spiro atoms. The molecule has 12 heteroatoms. The molecule has 34 heavy (non-hydrogen) atoms. The Balaban J connectivity index is 2.72. The Kier molecular flexibility index (Phi) is 10.1. The number of pyridine rings is 1. The minimum absolute atomic E-state index is 0.0605. The maximum Gasteiger partial charge on any atom is 0.419 e. The van der Waals surface area contributed by atoms with Gasteiger partial charge in [-0.1, -0.05) is 0 Å². The van der Waals surface area contributed by atoms with Crippen molar-refractivity contribution in [1.29, 1.82) is 0 Å². The van der Waals surface area contributed by atoms with E-state index in [1.54, 1.807) is 73.0 Å². The summed E-state index contributed by atoms with van der Waals surface area (Å²) in [5.74, 6) is 0. The lowest BCUT2D eigenvalue weighted by Gasteiger charge is -2.31. The van der Waals surface area contributed by atoms with E-state index in [0.29, 0.717) is 16.6 Å². The van der Waals surface area contributed by atoms with Crippen LogP contribution in [0, 0.1) is 0 Å². The molecular weight excluding hydrogens is 482 g/mol. The molecule has 0 unspecified atom stereocenters. The molecule has 0 radical (unpaired) electrons. The number of carbonyl (C=O) groups excluding carboxylic acids is 1.